The number of terminal acetylenes is 1. The molecule has 1 aromatic rings. The summed E-state index contributed by atoms with van der Waals surface area (Å²) in [6, 6.07) is 5.58. The van der Waals surface area contributed by atoms with Crippen LogP contribution in [0.1, 0.15) is 29.5 Å². The van der Waals surface area contributed by atoms with Crippen molar-refractivity contribution in [2.75, 3.05) is 34.4 Å². The third kappa shape index (κ3) is 4.30. The predicted molar refractivity (Wildman–Crippen MR) is 99.2 cm³/mol. The highest BCUT2D eigenvalue weighted by Gasteiger charge is 2.50. The monoisotopic (exact) mass is 374 g/mol. The fourth-order valence-electron chi connectivity index (χ4n) is 3.48. The Morgan fingerprint density at radius 3 is 2.44 bits per heavy atom. The number of rotatable bonds is 6. The van der Waals surface area contributed by atoms with Crippen LogP contribution in [0, 0.1) is 19.3 Å². The molecule has 1 heterocycles. The molecule has 27 heavy (non-hydrogen) atoms. The van der Waals surface area contributed by atoms with E-state index in [1.54, 1.807) is 12.2 Å². The second kappa shape index (κ2) is 9.00. The molecule has 2 rings (SSSR count). The summed E-state index contributed by atoms with van der Waals surface area (Å²) in [6.07, 6.45) is 6.26. The van der Waals surface area contributed by atoms with Gasteiger partial charge in [0.05, 0.1) is 27.8 Å². The Kier molecular flexibility index (Phi) is 6.97. The van der Waals surface area contributed by atoms with Gasteiger partial charge >= 0.3 is 5.97 Å². The largest absolute Gasteiger partial charge is 0.467 e. The maximum absolute atomic E-state index is 13.1. The van der Waals surface area contributed by atoms with E-state index in [9.17, 15) is 9.59 Å². The molecule has 0 saturated carbocycles. The normalized spacial score (nSPS) is 16.4. The predicted octanol–water partition coefficient (Wildman–Crippen LogP) is 1.48. The van der Waals surface area contributed by atoms with Crippen molar-refractivity contribution < 1.29 is 24.0 Å². The lowest BCUT2D eigenvalue weighted by molar-refractivity contribution is -0.238. The lowest BCUT2D eigenvalue weighted by Gasteiger charge is -2.44. The lowest BCUT2D eigenvalue weighted by atomic mass is 9.87. The molecule has 1 fully saturated rings. The molecule has 1 aliphatic rings. The van der Waals surface area contributed by atoms with Gasteiger partial charge in [0.25, 0.3) is 5.91 Å². The minimum absolute atomic E-state index is 0.0296. The first-order chi connectivity index (χ1) is 12.9. The van der Waals surface area contributed by atoms with Crippen LogP contribution < -0.4 is 0 Å². The summed E-state index contributed by atoms with van der Waals surface area (Å²) in [5.74, 6) is 1.74. The average molecular weight is 374 g/mol. The highest BCUT2D eigenvalue weighted by atomic mass is 16.7. The zero-order valence-corrected chi connectivity index (χ0v) is 16.3. The smallest absolute Gasteiger partial charge is 0.334 e. The second-order valence-electron chi connectivity index (χ2n) is 6.49. The van der Waals surface area contributed by atoms with Crippen LogP contribution in [0.4, 0.5) is 0 Å². The molecule has 0 N–H and O–H groups in total. The van der Waals surface area contributed by atoms with Gasteiger partial charge in [-0.25, -0.2) is 9.86 Å². The number of carbonyl (C=O) groups excluding carboxylic acids is 2. The van der Waals surface area contributed by atoms with Crippen LogP contribution in [0.5, 0.6) is 0 Å². The maximum atomic E-state index is 13.1. The molecule has 146 valence electrons. The SMILES string of the molecule is C#Cc1ccc(C)cc1CC(=O)N(OC)C1(C(=O)OC)CCN(OC)CC1. The van der Waals surface area contributed by atoms with E-state index in [2.05, 4.69) is 5.92 Å². The first-order valence-corrected chi connectivity index (χ1v) is 8.72. The molecule has 1 saturated heterocycles. The molecule has 1 aliphatic heterocycles. The Bertz CT molecular complexity index is 732. The fourth-order valence-corrected chi connectivity index (χ4v) is 3.48. The molecule has 0 atom stereocenters. The van der Waals surface area contributed by atoms with Crippen LogP contribution in [0.25, 0.3) is 0 Å². The van der Waals surface area contributed by atoms with Gasteiger partial charge in [-0.1, -0.05) is 23.6 Å². The number of ether oxygens (including phenoxy) is 1. The Morgan fingerprint density at radius 1 is 1.26 bits per heavy atom. The van der Waals surface area contributed by atoms with Gasteiger partial charge in [-0.15, -0.1) is 6.42 Å². The molecule has 7 heteroatoms. The van der Waals surface area contributed by atoms with Crippen LogP contribution in [0.15, 0.2) is 18.2 Å². The number of hydroxylamine groups is 4. The summed E-state index contributed by atoms with van der Waals surface area (Å²) in [5, 5.41) is 2.88. The van der Waals surface area contributed by atoms with Crippen LogP contribution in [-0.2, 0) is 30.4 Å². The Labute approximate surface area is 160 Å². The third-order valence-electron chi connectivity index (χ3n) is 4.93. The molecule has 0 spiro atoms. The molecule has 0 unspecified atom stereocenters. The number of hydrogen-bond acceptors (Lipinski definition) is 6. The minimum atomic E-state index is -1.20. The van der Waals surface area contributed by atoms with Crippen molar-refractivity contribution in [3.05, 3.63) is 34.9 Å². The highest BCUT2D eigenvalue weighted by Crippen LogP contribution is 2.31. The Morgan fingerprint density at radius 2 is 1.93 bits per heavy atom. The molecule has 0 aliphatic carbocycles. The molecular weight excluding hydrogens is 348 g/mol. The number of amides is 1. The molecule has 0 radical (unpaired) electrons. The zero-order valence-electron chi connectivity index (χ0n) is 16.3. The van der Waals surface area contributed by atoms with Crippen molar-refractivity contribution >= 4 is 11.9 Å². The van der Waals surface area contributed by atoms with Gasteiger partial charge < -0.3 is 9.57 Å². The topological polar surface area (TPSA) is 68.3 Å². The van der Waals surface area contributed by atoms with Gasteiger partial charge in [0.15, 0.2) is 5.54 Å². The Hall–Kier alpha value is -2.40. The number of benzene rings is 1. The number of nitrogens with zero attached hydrogens (tertiary/aromatic N) is 2. The van der Waals surface area contributed by atoms with Crippen molar-refractivity contribution in [3.8, 4) is 12.3 Å². The quantitative estimate of drug-likeness (QED) is 0.427. The number of esters is 1. The third-order valence-corrected chi connectivity index (χ3v) is 4.93. The summed E-state index contributed by atoms with van der Waals surface area (Å²) in [7, 11) is 4.26. The van der Waals surface area contributed by atoms with E-state index >= 15 is 0 Å². The maximum Gasteiger partial charge on any atom is 0.334 e. The molecule has 1 amide bonds. The molecular formula is C20H26N2O5. The van der Waals surface area contributed by atoms with Crippen molar-refractivity contribution in [2.24, 2.45) is 0 Å². The summed E-state index contributed by atoms with van der Waals surface area (Å²) in [4.78, 5) is 36.3. The lowest BCUT2D eigenvalue weighted by Crippen LogP contribution is -2.62. The van der Waals surface area contributed by atoms with E-state index < -0.39 is 11.5 Å². The first kappa shape index (κ1) is 20.9. The van der Waals surface area contributed by atoms with Crippen LogP contribution in [-0.4, -0.2) is 62.0 Å². The molecule has 7 nitrogen and oxygen atoms in total. The minimum Gasteiger partial charge on any atom is -0.467 e. The molecule has 0 aromatic heterocycles. The van der Waals surface area contributed by atoms with E-state index in [4.69, 9.17) is 20.8 Å². The molecule has 1 aromatic carbocycles. The van der Waals surface area contributed by atoms with E-state index in [1.807, 2.05) is 25.1 Å². The van der Waals surface area contributed by atoms with Crippen LogP contribution >= 0.6 is 0 Å². The van der Waals surface area contributed by atoms with Gasteiger partial charge in [0.1, 0.15) is 0 Å². The highest BCUT2D eigenvalue weighted by molar-refractivity contribution is 5.88. The van der Waals surface area contributed by atoms with E-state index in [0.717, 1.165) is 16.2 Å². The van der Waals surface area contributed by atoms with Gasteiger partial charge in [-0.2, -0.15) is 5.06 Å². The van der Waals surface area contributed by atoms with E-state index in [0.29, 0.717) is 31.5 Å². The standard InChI is InChI=1S/C20H26N2O5/c1-6-16-8-7-15(2)13-17(16)14-18(23)22(27-5)20(19(24)25-3)9-11-21(26-4)12-10-20/h1,7-8,13H,9-12,14H2,2-5H3. The van der Waals surface area contributed by atoms with Gasteiger partial charge in [-0.3, -0.25) is 9.63 Å². The molecule has 0 bridgehead atoms. The van der Waals surface area contributed by atoms with E-state index in [-0.39, 0.29) is 12.3 Å². The summed E-state index contributed by atoms with van der Waals surface area (Å²) < 4.78 is 5.00. The number of aryl methyl sites for hydroxylation is 1. The van der Waals surface area contributed by atoms with Crippen LogP contribution in [0.2, 0.25) is 0 Å². The van der Waals surface area contributed by atoms with Crippen molar-refractivity contribution in [1.29, 1.82) is 0 Å². The summed E-state index contributed by atoms with van der Waals surface area (Å²) in [6.45, 7) is 2.87. The van der Waals surface area contributed by atoms with Crippen molar-refractivity contribution in [2.45, 2.75) is 31.7 Å². The number of carbonyl (C=O) groups is 2. The number of piperidine rings is 1. The number of hydrogen-bond donors (Lipinski definition) is 0. The first-order valence-electron chi connectivity index (χ1n) is 8.72. The summed E-state index contributed by atoms with van der Waals surface area (Å²) in [5.41, 5.74) is 1.16. The van der Waals surface area contributed by atoms with Crippen LogP contribution in [0.3, 0.4) is 0 Å². The van der Waals surface area contributed by atoms with E-state index in [1.165, 1.54) is 14.2 Å². The second-order valence-corrected chi connectivity index (χ2v) is 6.49. The fraction of sp³-hybridized carbons (Fsp3) is 0.500. The zero-order chi connectivity index (χ0) is 20.0. The van der Waals surface area contributed by atoms with Gasteiger partial charge in [0.2, 0.25) is 0 Å². The Balaban J connectivity index is 2.32. The van der Waals surface area contributed by atoms with Crippen molar-refractivity contribution in [1.82, 2.24) is 10.1 Å². The number of methoxy groups -OCH3 is 1. The van der Waals surface area contributed by atoms with Crippen molar-refractivity contribution in [3.63, 3.8) is 0 Å². The van der Waals surface area contributed by atoms with Gasteiger partial charge in [0, 0.05) is 18.7 Å². The van der Waals surface area contributed by atoms with Gasteiger partial charge in [-0.05, 0) is 31.4 Å². The summed E-state index contributed by atoms with van der Waals surface area (Å²) >= 11 is 0. The average Bonchev–Trinajstić information content (AvgIpc) is 2.68.